The second kappa shape index (κ2) is 6.31. The van der Waals surface area contributed by atoms with Crippen molar-refractivity contribution in [3.63, 3.8) is 0 Å². The van der Waals surface area contributed by atoms with Crippen molar-refractivity contribution >= 4 is 5.78 Å². The Bertz CT molecular complexity index is 758. The van der Waals surface area contributed by atoms with Gasteiger partial charge in [0.05, 0.1) is 7.11 Å². The van der Waals surface area contributed by atoms with E-state index in [1.807, 2.05) is 0 Å². The molecule has 3 aliphatic carbocycles. The largest absolute Gasteiger partial charge is 0.497 e. The lowest BCUT2D eigenvalue weighted by atomic mass is 9.49. The van der Waals surface area contributed by atoms with Crippen molar-refractivity contribution in [2.75, 3.05) is 26.8 Å². The van der Waals surface area contributed by atoms with Crippen LogP contribution >= 0.6 is 0 Å². The second-order valence-corrected chi connectivity index (χ2v) is 9.37. The van der Waals surface area contributed by atoms with Crippen LogP contribution in [0.25, 0.3) is 0 Å². The summed E-state index contributed by atoms with van der Waals surface area (Å²) in [6.45, 7) is 2.46. The third kappa shape index (κ3) is 2.52. The van der Waals surface area contributed by atoms with Gasteiger partial charge >= 0.3 is 0 Å². The second-order valence-electron chi connectivity index (χ2n) is 9.37. The molecule has 4 aliphatic rings. The number of piperidine rings is 1. The number of rotatable bonds is 5. The molecule has 1 N–H and O–H groups in total. The minimum absolute atomic E-state index is 0.0634. The highest BCUT2D eigenvalue weighted by atomic mass is 16.5. The fraction of sp³-hybridized carbons (Fsp3) is 0.696. The highest BCUT2D eigenvalue weighted by Gasteiger charge is 2.65. The van der Waals surface area contributed by atoms with E-state index in [0.29, 0.717) is 24.7 Å². The molecule has 4 nitrogen and oxygen atoms in total. The zero-order valence-electron chi connectivity index (χ0n) is 16.4. The first kappa shape index (κ1) is 17.7. The Morgan fingerprint density at radius 3 is 2.85 bits per heavy atom. The summed E-state index contributed by atoms with van der Waals surface area (Å²) in [5.74, 6) is 2.17. The summed E-state index contributed by atoms with van der Waals surface area (Å²) >= 11 is 0. The van der Waals surface area contributed by atoms with Crippen molar-refractivity contribution in [3.05, 3.63) is 29.3 Å². The molecule has 4 heteroatoms. The van der Waals surface area contributed by atoms with Gasteiger partial charge in [-0.1, -0.05) is 6.07 Å². The first-order chi connectivity index (χ1) is 13.1. The van der Waals surface area contributed by atoms with Crippen molar-refractivity contribution in [2.45, 2.75) is 62.8 Å². The summed E-state index contributed by atoms with van der Waals surface area (Å²) in [5.41, 5.74) is 2.79. The van der Waals surface area contributed by atoms with Gasteiger partial charge in [0, 0.05) is 42.9 Å². The van der Waals surface area contributed by atoms with Crippen LogP contribution in [0.5, 0.6) is 5.75 Å². The minimum atomic E-state index is -0.0634. The third-order valence-electron chi connectivity index (χ3n) is 8.14. The van der Waals surface area contributed by atoms with Gasteiger partial charge in [-0.05, 0) is 74.2 Å². The average molecular weight is 370 g/mol. The molecule has 1 saturated heterocycles. The van der Waals surface area contributed by atoms with Crippen molar-refractivity contribution < 1.29 is 14.6 Å². The van der Waals surface area contributed by atoms with E-state index >= 15 is 0 Å². The van der Waals surface area contributed by atoms with E-state index in [-0.39, 0.29) is 17.4 Å². The number of hydrogen-bond donors (Lipinski definition) is 1. The van der Waals surface area contributed by atoms with Crippen molar-refractivity contribution in [2.24, 2.45) is 11.3 Å². The predicted octanol–water partition coefficient (Wildman–Crippen LogP) is 3.10. The molecule has 1 aromatic carbocycles. The lowest BCUT2D eigenvalue weighted by Crippen LogP contribution is -2.65. The first-order valence-electron chi connectivity index (χ1n) is 10.7. The molecule has 0 unspecified atom stereocenters. The van der Waals surface area contributed by atoms with Crippen LogP contribution in [0.3, 0.4) is 0 Å². The van der Waals surface area contributed by atoms with Crippen molar-refractivity contribution in [3.8, 4) is 5.75 Å². The van der Waals surface area contributed by atoms with Crippen LogP contribution in [-0.4, -0.2) is 48.6 Å². The molecule has 1 aromatic rings. The zero-order chi connectivity index (χ0) is 18.6. The van der Waals surface area contributed by atoms with E-state index < -0.39 is 0 Å². The number of Topliss-reactive ketones (excluding diaryl/α,β-unsaturated/α-hetero) is 1. The summed E-state index contributed by atoms with van der Waals surface area (Å²) in [6, 6.07) is 6.89. The molecule has 27 heavy (non-hydrogen) atoms. The van der Waals surface area contributed by atoms with Gasteiger partial charge < -0.3 is 9.84 Å². The number of nitrogens with zero attached hydrogens (tertiary/aromatic N) is 1. The van der Waals surface area contributed by atoms with E-state index in [4.69, 9.17) is 4.74 Å². The summed E-state index contributed by atoms with van der Waals surface area (Å²) in [5, 5.41) is 9.93. The van der Waals surface area contributed by atoms with Crippen LogP contribution in [0.4, 0.5) is 0 Å². The monoisotopic (exact) mass is 369 g/mol. The van der Waals surface area contributed by atoms with Crippen LogP contribution in [0.1, 0.15) is 56.1 Å². The number of ether oxygens (including phenoxy) is 1. The number of hydrogen-bond acceptors (Lipinski definition) is 4. The third-order valence-corrected chi connectivity index (χ3v) is 8.14. The molecule has 5 rings (SSSR count). The van der Waals surface area contributed by atoms with Crippen LogP contribution in [0.15, 0.2) is 18.2 Å². The zero-order valence-corrected chi connectivity index (χ0v) is 16.4. The van der Waals surface area contributed by atoms with E-state index in [1.54, 1.807) is 7.11 Å². The first-order valence-corrected chi connectivity index (χ1v) is 10.7. The maximum Gasteiger partial charge on any atom is 0.133 e. The maximum absolute atomic E-state index is 12.7. The Labute approximate surface area is 161 Å². The lowest BCUT2D eigenvalue weighted by molar-refractivity contribution is -0.135. The number of carbonyl (C=O) groups is 1. The standard InChI is InChI=1S/C23H31NO3/c1-27-19-5-4-17-13-23-8-6-18(26)14-22(23,20(17)12-19)9-10-24(15-16-2-3-16)21(23)7-11-25/h4-5,12,16,21,25H,2-3,6-11,13-15H2,1H3/t21-,22-,23+/m1/s1. The molecule has 1 heterocycles. The van der Waals surface area contributed by atoms with Crippen LogP contribution in [-0.2, 0) is 16.6 Å². The highest BCUT2D eigenvalue weighted by Crippen LogP contribution is 2.65. The minimum Gasteiger partial charge on any atom is -0.497 e. The smallest absolute Gasteiger partial charge is 0.133 e. The van der Waals surface area contributed by atoms with Gasteiger partial charge in [0.1, 0.15) is 11.5 Å². The quantitative estimate of drug-likeness (QED) is 0.867. The van der Waals surface area contributed by atoms with Crippen molar-refractivity contribution in [1.29, 1.82) is 0 Å². The number of aliphatic hydroxyl groups excluding tert-OH is 1. The van der Waals surface area contributed by atoms with Gasteiger partial charge in [-0.15, -0.1) is 0 Å². The topological polar surface area (TPSA) is 49.8 Å². The van der Waals surface area contributed by atoms with Gasteiger partial charge in [-0.25, -0.2) is 0 Å². The van der Waals surface area contributed by atoms with E-state index in [1.165, 1.54) is 30.5 Å². The molecule has 0 spiro atoms. The summed E-state index contributed by atoms with van der Waals surface area (Å²) < 4.78 is 5.54. The lowest BCUT2D eigenvalue weighted by Gasteiger charge is -2.60. The van der Waals surface area contributed by atoms with Crippen LogP contribution in [0.2, 0.25) is 0 Å². The molecule has 0 amide bonds. The fourth-order valence-corrected chi connectivity index (χ4v) is 6.79. The Morgan fingerprint density at radius 2 is 2.11 bits per heavy atom. The molecular weight excluding hydrogens is 338 g/mol. The van der Waals surface area contributed by atoms with Crippen LogP contribution in [0, 0.1) is 11.3 Å². The van der Waals surface area contributed by atoms with E-state index in [2.05, 4.69) is 23.1 Å². The normalized spacial score (nSPS) is 35.5. The van der Waals surface area contributed by atoms with Gasteiger partial charge in [0.25, 0.3) is 0 Å². The molecular formula is C23H31NO3. The number of fused-ring (bicyclic) bond motifs is 1. The number of likely N-dealkylation sites (tertiary alicyclic amines) is 1. The molecule has 1 aliphatic heterocycles. The van der Waals surface area contributed by atoms with E-state index in [9.17, 15) is 9.90 Å². The predicted molar refractivity (Wildman–Crippen MR) is 104 cm³/mol. The molecule has 0 bridgehead atoms. The number of aliphatic hydroxyl groups is 1. The molecule has 2 saturated carbocycles. The molecule has 0 radical (unpaired) electrons. The Kier molecular flexibility index (Phi) is 4.14. The molecule has 3 atom stereocenters. The average Bonchev–Trinajstić information content (AvgIpc) is 3.44. The van der Waals surface area contributed by atoms with Gasteiger partial charge in [0.2, 0.25) is 0 Å². The molecule has 146 valence electrons. The van der Waals surface area contributed by atoms with Gasteiger partial charge in [0.15, 0.2) is 0 Å². The Morgan fingerprint density at radius 1 is 1.26 bits per heavy atom. The molecule has 0 aromatic heterocycles. The summed E-state index contributed by atoms with van der Waals surface area (Å²) in [4.78, 5) is 15.3. The number of methoxy groups -OCH3 is 1. The molecule has 3 fully saturated rings. The maximum atomic E-state index is 12.7. The SMILES string of the molecule is COc1ccc2c(c1)[C@]13CCN(CC4CC4)[C@H](CCO)[C@]1(CCC(=O)C3)C2. The number of benzene rings is 1. The van der Waals surface area contributed by atoms with Crippen LogP contribution < -0.4 is 4.74 Å². The number of carbonyl (C=O) groups excluding carboxylic acids is 1. The fourth-order valence-electron chi connectivity index (χ4n) is 6.79. The van der Waals surface area contributed by atoms with Crippen molar-refractivity contribution in [1.82, 2.24) is 4.90 Å². The number of ketones is 1. The summed E-state index contributed by atoms with van der Waals surface area (Å²) in [6.07, 6.45) is 7.99. The van der Waals surface area contributed by atoms with E-state index in [0.717, 1.165) is 43.9 Å². The Hall–Kier alpha value is -1.39. The van der Waals surface area contributed by atoms with Gasteiger partial charge in [-0.2, -0.15) is 0 Å². The van der Waals surface area contributed by atoms with Gasteiger partial charge in [-0.3, -0.25) is 9.69 Å². The Balaban J connectivity index is 1.62. The highest BCUT2D eigenvalue weighted by molar-refractivity contribution is 5.82. The summed E-state index contributed by atoms with van der Waals surface area (Å²) in [7, 11) is 1.72.